The predicted molar refractivity (Wildman–Crippen MR) is 76.3 cm³/mol. The molecule has 0 radical (unpaired) electrons. The number of rotatable bonds is 5. The first-order valence-electron chi connectivity index (χ1n) is 6.38. The molecule has 104 valence electrons. The van der Waals surface area contributed by atoms with Crippen molar-refractivity contribution in [2.75, 3.05) is 26.4 Å². The maximum Gasteiger partial charge on any atom is 0.257 e. The van der Waals surface area contributed by atoms with Crippen molar-refractivity contribution in [2.45, 2.75) is 13.3 Å². The van der Waals surface area contributed by atoms with Crippen LogP contribution in [0.3, 0.4) is 0 Å². The van der Waals surface area contributed by atoms with E-state index in [0.29, 0.717) is 12.5 Å². The van der Waals surface area contributed by atoms with Gasteiger partial charge in [-0.1, -0.05) is 15.9 Å². The summed E-state index contributed by atoms with van der Waals surface area (Å²) >= 11 is 3.39. The summed E-state index contributed by atoms with van der Waals surface area (Å²) in [6.45, 7) is 4.22. The molecule has 1 saturated heterocycles. The van der Waals surface area contributed by atoms with Crippen LogP contribution in [0.25, 0.3) is 0 Å². The van der Waals surface area contributed by atoms with E-state index in [-0.39, 0.29) is 12.5 Å². The predicted octanol–water partition coefficient (Wildman–Crippen LogP) is 2.29. The fourth-order valence-electron chi connectivity index (χ4n) is 1.97. The Hall–Kier alpha value is -1.07. The number of carbonyl (C=O) groups is 1. The highest BCUT2D eigenvalue weighted by atomic mass is 79.9. The minimum atomic E-state index is -0.0887. The number of carbonyl (C=O) groups excluding carboxylic acids is 1. The van der Waals surface area contributed by atoms with Gasteiger partial charge in [0.1, 0.15) is 5.75 Å². The summed E-state index contributed by atoms with van der Waals surface area (Å²) in [5.74, 6) is 1.09. The van der Waals surface area contributed by atoms with Gasteiger partial charge in [0.2, 0.25) is 0 Å². The van der Waals surface area contributed by atoms with Crippen LogP contribution >= 0.6 is 15.9 Å². The molecule has 4 nitrogen and oxygen atoms in total. The van der Waals surface area contributed by atoms with Gasteiger partial charge in [-0.25, -0.2) is 0 Å². The molecule has 5 heteroatoms. The lowest BCUT2D eigenvalue weighted by Gasteiger charge is -2.11. The summed E-state index contributed by atoms with van der Waals surface area (Å²) in [7, 11) is 0. The van der Waals surface area contributed by atoms with Crippen LogP contribution in [-0.4, -0.2) is 32.3 Å². The zero-order valence-electron chi connectivity index (χ0n) is 10.9. The van der Waals surface area contributed by atoms with Gasteiger partial charge in [-0.05, 0) is 37.1 Å². The van der Waals surface area contributed by atoms with Crippen molar-refractivity contribution < 1.29 is 14.3 Å². The molecule has 1 amide bonds. The number of hydrogen-bond acceptors (Lipinski definition) is 3. The Bertz CT molecular complexity index is 444. The molecule has 0 bridgehead atoms. The van der Waals surface area contributed by atoms with E-state index in [4.69, 9.17) is 9.47 Å². The molecule has 2 rings (SSSR count). The number of nitrogens with one attached hydrogen (secondary N) is 1. The molecule has 1 atom stereocenters. The van der Waals surface area contributed by atoms with Crippen LogP contribution in [0.5, 0.6) is 5.75 Å². The van der Waals surface area contributed by atoms with Crippen molar-refractivity contribution in [3.8, 4) is 5.75 Å². The molecule has 1 aromatic rings. The zero-order valence-corrected chi connectivity index (χ0v) is 12.5. The van der Waals surface area contributed by atoms with Gasteiger partial charge in [0.05, 0.1) is 6.61 Å². The molecule has 1 N–H and O–H groups in total. The molecule has 0 spiro atoms. The second kappa shape index (κ2) is 6.91. The number of ether oxygens (including phenoxy) is 2. The topological polar surface area (TPSA) is 47.6 Å². The first-order valence-corrected chi connectivity index (χ1v) is 7.18. The van der Waals surface area contributed by atoms with Gasteiger partial charge in [-0.3, -0.25) is 4.79 Å². The van der Waals surface area contributed by atoms with Crippen molar-refractivity contribution >= 4 is 21.8 Å². The second-order valence-electron chi connectivity index (χ2n) is 4.73. The summed E-state index contributed by atoms with van der Waals surface area (Å²) in [5.41, 5.74) is 1.01. The Balaban J connectivity index is 1.73. The van der Waals surface area contributed by atoms with Crippen LogP contribution in [0.4, 0.5) is 0 Å². The highest BCUT2D eigenvalue weighted by molar-refractivity contribution is 9.10. The van der Waals surface area contributed by atoms with E-state index in [1.54, 1.807) is 0 Å². The molecule has 1 heterocycles. The number of aryl methyl sites for hydroxylation is 1. The molecule has 0 saturated carbocycles. The fraction of sp³-hybridized carbons (Fsp3) is 0.500. The first kappa shape index (κ1) is 14.3. The number of benzene rings is 1. The highest BCUT2D eigenvalue weighted by Gasteiger charge is 2.16. The quantitative estimate of drug-likeness (QED) is 0.902. The molecule has 0 aromatic heterocycles. The van der Waals surface area contributed by atoms with E-state index in [1.807, 2.05) is 25.1 Å². The standard InChI is InChI=1S/C14H18BrNO3/c1-10-6-12(15)2-3-13(10)19-9-14(17)16-7-11-4-5-18-8-11/h2-3,6,11H,4-5,7-9H2,1H3,(H,16,17)/t11-/m0/s1. The molecular formula is C14H18BrNO3. The van der Waals surface area contributed by atoms with E-state index in [0.717, 1.165) is 35.4 Å². The number of halogens is 1. The van der Waals surface area contributed by atoms with Gasteiger partial charge in [0.25, 0.3) is 5.91 Å². The van der Waals surface area contributed by atoms with Crippen molar-refractivity contribution in [3.63, 3.8) is 0 Å². The Labute approximate surface area is 121 Å². The van der Waals surface area contributed by atoms with E-state index in [9.17, 15) is 4.79 Å². The summed E-state index contributed by atoms with van der Waals surface area (Å²) in [5, 5.41) is 2.87. The normalized spacial score (nSPS) is 18.3. The van der Waals surface area contributed by atoms with Gasteiger partial charge in [-0.2, -0.15) is 0 Å². The van der Waals surface area contributed by atoms with Crippen molar-refractivity contribution in [1.29, 1.82) is 0 Å². The second-order valence-corrected chi connectivity index (χ2v) is 5.65. The van der Waals surface area contributed by atoms with Crippen LogP contribution in [-0.2, 0) is 9.53 Å². The lowest BCUT2D eigenvalue weighted by molar-refractivity contribution is -0.123. The lowest BCUT2D eigenvalue weighted by Crippen LogP contribution is -2.33. The highest BCUT2D eigenvalue weighted by Crippen LogP contribution is 2.21. The van der Waals surface area contributed by atoms with Gasteiger partial charge in [0, 0.05) is 23.5 Å². The summed E-state index contributed by atoms with van der Waals surface area (Å²) in [6, 6.07) is 5.72. The molecular weight excluding hydrogens is 310 g/mol. The van der Waals surface area contributed by atoms with Crippen LogP contribution in [0.15, 0.2) is 22.7 Å². The number of amides is 1. The Morgan fingerprint density at radius 2 is 2.42 bits per heavy atom. The zero-order chi connectivity index (χ0) is 13.7. The SMILES string of the molecule is Cc1cc(Br)ccc1OCC(=O)NC[C@@H]1CCOC1. The van der Waals surface area contributed by atoms with E-state index < -0.39 is 0 Å². The largest absolute Gasteiger partial charge is 0.484 e. The van der Waals surface area contributed by atoms with Gasteiger partial charge >= 0.3 is 0 Å². The van der Waals surface area contributed by atoms with E-state index in [2.05, 4.69) is 21.2 Å². The van der Waals surface area contributed by atoms with Crippen LogP contribution < -0.4 is 10.1 Å². The third-order valence-corrected chi connectivity index (χ3v) is 3.60. The van der Waals surface area contributed by atoms with Crippen molar-refractivity contribution in [3.05, 3.63) is 28.2 Å². The van der Waals surface area contributed by atoms with Gasteiger partial charge in [0.15, 0.2) is 6.61 Å². The average Bonchev–Trinajstić information content (AvgIpc) is 2.88. The molecule has 1 aliphatic rings. The Morgan fingerprint density at radius 3 is 3.11 bits per heavy atom. The third-order valence-electron chi connectivity index (χ3n) is 3.11. The average molecular weight is 328 g/mol. The minimum absolute atomic E-state index is 0.0516. The molecule has 1 fully saturated rings. The summed E-state index contributed by atoms with van der Waals surface area (Å²) < 4.78 is 11.8. The number of hydrogen-bond donors (Lipinski definition) is 1. The first-order chi connectivity index (χ1) is 9.15. The lowest BCUT2D eigenvalue weighted by atomic mass is 10.1. The maximum atomic E-state index is 11.7. The fourth-order valence-corrected chi connectivity index (χ4v) is 2.45. The Morgan fingerprint density at radius 1 is 1.58 bits per heavy atom. The van der Waals surface area contributed by atoms with E-state index in [1.165, 1.54) is 0 Å². The summed E-state index contributed by atoms with van der Waals surface area (Å²) in [4.78, 5) is 11.7. The van der Waals surface area contributed by atoms with Crippen LogP contribution in [0, 0.1) is 12.8 Å². The molecule has 0 unspecified atom stereocenters. The monoisotopic (exact) mass is 327 g/mol. The van der Waals surface area contributed by atoms with Gasteiger partial charge < -0.3 is 14.8 Å². The van der Waals surface area contributed by atoms with E-state index >= 15 is 0 Å². The molecule has 1 aromatic carbocycles. The molecule has 0 aliphatic carbocycles. The third kappa shape index (κ3) is 4.51. The van der Waals surface area contributed by atoms with Crippen LogP contribution in [0.1, 0.15) is 12.0 Å². The summed E-state index contributed by atoms with van der Waals surface area (Å²) in [6.07, 6.45) is 1.02. The van der Waals surface area contributed by atoms with Crippen molar-refractivity contribution in [1.82, 2.24) is 5.32 Å². The van der Waals surface area contributed by atoms with Crippen molar-refractivity contribution in [2.24, 2.45) is 5.92 Å². The Kier molecular flexibility index (Phi) is 5.22. The molecule has 1 aliphatic heterocycles. The smallest absolute Gasteiger partial charge is 0.257 e. The minimum Gasteiger partial charge on any atom is -0.484 e. The maximum absolute atomic E-state index is 11.7. The van der Waals surface area contributed by atoms with Crippen LogP contribution in [0.2, 0.25) is 0 Å². The van der Waals surface area contributed by atoms with Gasteiger partial charge in [-0.15, -0.1) is 0 Å². The molecule has 19 heavy (non-hydrogen) atoms.